The third-order valence-electron chi connectivity index (χ3n) is 10.8. The van der Waals surface area contributed by atoms with E-state index < -0.39 is 35.4 Å². The van der Waals surface area contributed by atoms with Crippen LogP contribution >= 0.6 is 11.6 Å². The molecule has 1 spiro atoms. The van der Waals surface area contributed by atoms with Crippen molar-refractivity contribution in [3.05, 3.63) is 34.9 Å². The molecule has 0 aliphatic carbocycles. The van der Waals surface area contributed by atoms with Crippen LogP contribution in [0.3, 0.4) is 0 Å². The summed E-state index contributed by atoms with van der Waals surface area (Å²) in [5.41, 5.74) is 0.572. The van der Waals surface area contributed by atoms with Gasteiger partial charge >= 0.3 is 12.2 Å². The summed E-state index contributed by atoms with van der Waals surface area (Å²) < 4.78 is 55.4. The first-order chi connectivity index (χ1) is 23.3. The van der Waals surface area contributed by atoms with Gasteiger partial charge in [0, 0.05) is 61.1 Å². The van der Waals surface area contributed by atoms with Gasteiger partial charge in [0.05, 0.1) is 41.5 Å². The normalized spacial score (nSPS) is 28.9. The Balaban J connectivity index is 1.21. The van der Waals surface area contributed by atoms with Crippen LogP contribution < -0.4 is 9.64 Å². The lowest BCUT2D eigenvalue weighted by molar-refractivity contribution is -0.0127. The van der Waals surface area contributed by atoms with E-state index in [9.17, 15) is 9.18 Å². The predicted molar refractivity (Wildman–Crippen MR) is 171 cm³/mol. The van der Waals surface area contributed by atoms with Gasteiger partial charge in [0.25, 0.3) is 0 Å². The van der Waals surface area contributed by atoms with Gasteiger partial charge in [-0.15, -0.1) is 0 Å². The Bertz CT molecular complexity index is 1950. The van der Waals surface area contributed by atoms with Crippen LogP contribution in [0.4, 0.5) is 19.4 Å². The molecule has 7 bridgehead atoms. The van der Waals surface area contributed by atoms with E-state index in [0.717, 1.165) is 32.2 Å². The number of nitrogens with one attached hydrogen (secondary N) is 1. The van der Waals surface area contributed by atoms with Crippen molar-refractivity contribution in [2.75, 3.05) is 50.9 Å². The average Bonchev–Trinajstić information content (AvgIpc) is 3.84. The van der Waals surface area contributed by atoms with Crippen molar-refractivity contribution < 1.29 is 32.5 Å². The molecule has 4 atom stereocenters. The van der Waals surface area contributed by atoms with Gasteiger partial charge in [0.1, 0.15) is 35.9 Å². The minimum absolute atomic E-state index is 0.0157. The van der Waals surface area contributed by atoms with Crippen LogP contribution in [-0.2, 0) is 20.6 Å². The molecule has 15 heteroatoms. The maximum atomic E-state index is 17.1. The number of aromatic amines is 1. The molecule has 9 heterocycles. The van der Waals surface area contributed by atoms with Crippen molar-refractivity contribution in [3.63, 3.8) is 0 Å². The Morgan fingerprint density at radius 2 is 2.04 bits per heavy atom. The maximum absolute atomic E-state index is 17.1. The van der Waals surface area contributed by atoms with E-state index in [-0.39, 0.29) is 43.5 Å². The molecule has 0 saturated carbocycles. The first-order valence-electron chi connectivity index (χ1n) is 16.6. The zero-order chi connectivity index (χ0) is 32.6. The maximum Gasteiger partial charge on any atom is 0.508 e. The minimum atomic E-state index is -0.916. The van der Waals surface area contributed by atoms with Crippen molar-refractivity contribution >= 4 is 45.4 Å². The van der Waals surface area contributed by atoms with E-state index >= 15 is 4.39 Å². The first-order valence-corrected chi connectivity index (χ1v) is 16.9. The highest BCUT2D eigenvalue weighted by Gasteiger charge is 2.50. The minimum Gasteiger partial charge on any atom is -0.461 e. The van der Waals surface area contributed by atoms with Gasteiger partial charge in [-0.05, 0) is 43.9 Å². The molecule has 1 aromatic carbocycles. The van der Waals surface area contributed by atoms with Crippen LogP contribution in [0.2, 0.25) is 5.02 Å². The number of hydrogen-bond donors (Lipinski definition) is 1. The first kappa shape index (κ1) is 30.2. The standard InChI is InChI=1S/C33H34ClF2N7O5/c34-23-9-24-21(13-38-41-24)25-20(23)3-8-45-31(44)48-19-11-33(47-15-19)5-2-6-42(16-33)29-22-12-37-28(25)26(36)27(22)39-30(40-29)46-17-32-4-1-7-43(32)14-18(35)10-32/h9,12-13,18-19H,1-8,10-11,14-17H2,(H,38,41)/t18-,19?,32+,33?/m1/s1. The van der Waals surface area contributed by atoms with E-state index in [4.69, 9.17) is 35.5 Å². The molecule has 1 N–H and O–H groups in total. The Morgan fingerprint density at radius 3 is 2.96 bits per heavy atom. The summed E-state index contributed by atoms with van der Waals surface area (Å²) in [6.07, 6.45) is 5.33. The lowest BCUT2D eigenvalue weighted by atomic mass is 9.89. The molecule has 3 aromatic heterocycles. The van der Waals surface area contributed by atoms with Gasteiger partial charge in [0.2, 0.25) is 0 Å². The van der Waals surface area contributed by atoms with Crippen LogP contribution in [0.1, 0.15) is 44.1 Å². The summed E-state index contributed by atoms with van der Waals surface area (Å²) in [5.74, 6) is -0.204. The highest BCUT2D eigenvalue weighted by Crippen LogP contribution is 2.43. The zero-order valence-electron chi connectivity index (χ0n) is 26.1. The Kier molecular flexibility index (Phi) is 7.14. The number of alkyl halides is 1. The van der Waals surface area contributed by atoms with Gasteiger partial charge < -0.3 is 23.8 Å². The number of pyridine rings is 1. The Morgan fingerprint density at radius 1 is 1.15 bits per heavy atom. The van der Waals surface area contributed by atoms with Crippen molar-refractivity contribution in [1.29, 1.82) is 0 Å². The summed E-state index contributed by atoms with van der Waals surface area (Å²) in [6.45, 7) is 2.65. The van der Waals surface area contributed by atoms with Crippen molar-refractivity contribution in [3.8, 4) is 17.3 Å². The number of carbonyl (C=O) groups excluding carboxylic acids is 1. The quantitative estimate of drug-likeness (QED) is 0.288. The lowest BCUT2D eigenvalue weighted by Crippen LogP contribution is -2.48. The fraction of sp³-hybridized carbons (Fsp3) is 0.545. The van der Waals surface area contributed by atoms with E-state index in [1.54, 1.807) is 18.5 Å². The smallest absolute Gasteiger partial charge is 0.461 e. The van der Waals surface area contributed by atoms with Crippen molar-refractivity contribution in [2.45, 2.75) is 68.4 Å². The molecule has 4 fully saturated rings. The Hall–Kier alpha value is -3.88. The predicted octanol–water partition coefficient (Wildman–Crippen LogP) is 5.15. The number of halogens is 3. The van der Waals surface area contributed by atoms with Crippen molar-refractivity contribution in [1.82, 2.24) is 30.0 Å². The van der Waals surface area contributed by atoms with E-state index in [1.807, 2.05) is 4.90 Å². The fourth-order valence-electron chi connectivity index (χ4n) is 8.61. The number of piperidine rings is 1. The Labute approximate surface area is 279 Å². The molecule has 6 aliphatic heterocycles. The summed E-state index contributed by atoms with van der Waals surface area (Å²) in [7, 11) is 0. The number of fused-ring (bicyclic) bond motifs is 7. The second kappa shape index (κ2) is 11.3. The third kappa shape index (κ3) is 4.94. The number of benzene rings is 1. The van der Waals surface area contributed by atoms with Gasteiger partial charge in [-0.25, -0.2) is 13.6 Å². The molecule has 4 saturated heterocycles. The number of H-pyrrole nitrogens is 1. The van der Waals surface area contributed by atoms with E-state index in [0.29, 0.717) is 70.7 Å². The molecule has 0 amide bonds. The van der Waals surface area contributed by atoms with Crippen LogP contribution in [0.15, 0.2) is 18.5 Å². The van der Waals surface area contributed by atoms with E-state index in [1.165, 1.54) is 0 Å². The summed E-state index contributed by atoms with van der Waals surface area (Å²) in [5, 5.41) is 8.43. The van der Waals surface area contributed by atoms with Crippen LogP contribution in [0.25, 0.3) is 33.1 Å². The van der Waals surface area contributed by atoms with Crippen LogP contribution in [0, 0.1) is 5.82 Å². The van der Waals surface area contributed by atoms with Gasteiger partial charge in [-0.1, -0.05) is 11.6 Å². The SMILES string of the molecule is O=C1OCCc2c(Cl)cc3[nH]ncc3c2-c2ncc3c(nc(OC[C@@]45CCCN4C[C@H](F)C5)nc3c2F)N2CCCC3(CC(CO3)O1)C2. The molecule has 6 aliphatic rings. The van der Waals surface area contributed by atoms with Gasteiger partial charge in [-0.3, -0.25) is 15.0 Å². The molecule has 10 rings (SSSR count). The summed E-state index contributed by atoms with van der Waals surface area (Å²) >= 11 is 6.77. The largest absolute Gasteiger partial charge is 0.508 e. The number of carbonyl (C=O) groups is 1. The topological polar surface area (TPSA) is 128 Å². The molecular formula is C33H34ClF2N7O5. The molecule has 48 heavy (non-hydrogen) atoms. The highest BCUT2D eigenvalue weighted by molar-refractivity contribution is 6.33. The molecule has 12 nitrogen and oxygen atoms in total. The third-order valence-corrected chi connectivity index (χ3v) is 11.1. The summed E-state index contributed by atoms with van der Waals surface area (Å²) in [4.78, 5) is 31.1. The number of rotatable bonds is 3. The number of aromatic nitrogens is 5. The molecule has 0 radical (unpaired) electrons. The molecule has 4 aromatic rings. The second-order valence-electron chi connectivity index (χ2n) is 13.7. The molecule has 252 valence electrons. The lowest BCUT2D eigenvalue weighted by Gasteiger charge is -2.40. The van der Waals surface area contributed by atoms with Crippen LogP contribution in [0.5, 0.6) is 6.01 Å². The zero-order valence-corrected chi connectivity index (χ0v) is 26.9. The van der Waals surface area contributed by atoms with Gasteiger partial charge in [0.15, 0.2) is 5.82 Å². The van der Waals surface area contributed by atoms with Crippen LogP contribution in [-0.4, -0.2) is 106 Å². The number of hydrogen-bond acceptors (Lipinski definition) is 11. The number of nitrogens with zero attached hydrogens (tertiary/aromatic N) is 6. The van der Waals surface area contributed by atoms with E-state index in [2.05, 4.69) is 25.1 Å². The monoisotopic (exact) mass is 681 g/mol. The van der Waals surface area contributed by atoms with Gasteiger partial charge in [-0.2, -0.15) is 15.1 Å². The average molecular weight is 682 g/mol. The summed E-state index contributed by atoms with van der Waals surface area (Å²) in [6, 6.07) is 1.72. The number of ether oxygens (including phenoxy) is 4. The second-order valence-corrected chi connectivity index (χ2v) is 14.1. The molecule has 2 unspecified atom stereocenters. The molecular weight excluding hydrogens is 648 g/mol. The fourth-order valence-corrected chi connectivity index (χ4v) is 8.91. The number of anilines is 1. The van der Waals surface area contributed by atoms with Crippen molar-refractivity contribution in [2.24, 2.45) is 0 Å². The highest BCUT2D eigenvalue weighted by atomic mass is 35.5.